The van der Waals surface area contributed by atoms with Gasteiger partial charge in [-0.05, 0) is 12.1 Å². The Morgan fingerprint density at radius 3 is 2.38 bits per heavy atom. The Balaban J connectivity index is 1.93. The molecule has 2 rings (SSSR count). The molecule has 1 aromatic heterocycles. The van der Waals surface area contributed by atoms with E-state index in [9.17, 15) is 9.59 Å². The van der Waals surface area contributed by atoms with Gasteiger partial charge < -0.3 is 10.6 Å². The smallest absolute Gasteiger partial charge is 0.251 e. The van der Waals surface area contributed by atoms with Crippen LogP contribution in [0.5, 0.6) is 0 Å². The van der Waals surface area contributed by atoms with Gasteiger partial charge in [-0.25, -0.2) is 0 Å². The standard InChI is InChI=1S/C15H16N4O2/c1-11(20)17-8-9-19-15(21)13-4-2-12(3-5-13)14-10-16-6-7-18-14/h2-7,10H,8-9H2,1H3,(H,17,20)(H,19,21). The molecule has 6 heteroatoms. The molecule has 0 aliphatic heterocycles. The van der Waals surface area contributed by atoms with Gasteiger partial charge in [0.1, 0.15) is 0 Å². The fraction of sp³-hybridized carbons (Fsp3) is 0.200. The second-order valence-corrected chi connectivity index (χ2v) is 4.41. The predicted octanol–water partition coefficient (Wildman–Crippen LogP) is 1.01. The molecule has 0 bridgehead atoms. The van der Waals surface area contributed by atoms with Gasteiger partial charge in [0.15, 0.2) is 0 Å². The highest BCUT2D eigenvalue weighted by Gasteiger charge is 2.05. The summed E-state index contributed by atoms with van der Waals surface area (Å²) in [6, 6.07) is 7.12. The average molecular weight is 284 g/mol. The Hall–Kier alpha value is -2.76. The van der Waals surface area contributed by atoms with Crippen molar-refractivity contribution in [3.05, 3.63) is 48.4 Å². The van der Waals surface area contributed by atoms with Crippen LogP contribution in [0.25, 0.3) is 11.3 Å². The fourth-order valence-corrected chi connectivity index (χ4v) is 1.76. The Kier molecular flexibility index (Phi) is 4.98. The first-order valence-electron chi connectivity index (χ1n) is 6.56. The molecule has 1 aromatic carbocycles. The van der Waals surface area contributed by atoms with Crippen LogP contribution in [0.2, 0.25) is 0 Å². The third-order valence-electron chi connectivity index (χ3n) is 2.79. The highest BCUT2D eigenvalue weighted by Crippen LogP contribution is 2.15. The van der Waals surface area contributed by atoms with Crippen LogP contribution in [0.15, 0.2) is 42.9 Å². The molecular formula is C15H16N4O2. The minimum absolute atomic E-state index is 0.113. The van der Waals surface area contributed by atoms with Crippen LogP contribution in [0.1, 0.15) is 17.3 Å². The van der Waals surface area contributed by atoms with Crippen LogP contribution in [0, 0.1) is 0 Å². The normalized spacial score (nSPS) is 9.95. The summed E-state index contributed by atoms with van der Waals surface area (Å²) >= 11 is 0. The molecule has 0 aliphatic carbocycles. The zero-order chi connectivity index (χ0) is 15.1. The molecule has 2 amide bonds. The van der Waals surface area contributed by atoms with Gasteiger partial charge in [-0.3, -0.25) is 19.6 Å². The highest BCUT2D eigenvalue weighted by atomic mass is 16.2. The van der Waals surface area contributed by atoms with Crippen molar-refractivity contribution in [2.75, 3.05) is 13.1 Å². The maximum absolute atomic E-state index is 11.9. The molecule has 1 heterocycles. The summed E-state index contributed by atoms with van der Waals surface area (Å²) in [4.78, 5) is 30.8. The third kappa shape index (κ3) is 4.38. The van der Waals surface area contributed by atoms with Crippen LogP contribution in [-0.2, 0) is 4.79 Å². The maximum atomic E-state index is 11.9. The molecule has 0 unspecified atom stereocenters. The summed E-state index contributed by atoms with van der Waals surface area (Å²) in [5, 5.41) is 5.35. The summed E-state index contributed by atoms with van der Waals surface area (Å²) in [5.74, 6) is -0.288. The first-order chi connectivity index (χ1) is 10.2. The Morgan fingerprint density at radius 2 is 1.76 bits per heavy atom. The van der Waals surface area contributed by atoms with Crippen molar-refractivity contribution in [3.63, 3.8) is 0 Å². The van der Waals surface area contributed by atoms with Crippen LogP contribution in [-0.4, -0.2) is 34.9 Å². The lowest BCUT2D eigenvalue weighted by Crippen LogP contribution is -2.33. The lowest BCUT2D eigenvalue weighted by atomic mass is 10.1. The topological polar surface area (TPSA) is 84.0 Å². The van der Waals surface area contributed by atoms with Gasteiger partial charge in [0, 0.05) is 43.5 Å². The second kappa shape index (κ2) is 7.14. The number of nitrogens with one attached hydrogen (secondary N) is 2. The summed E-state index contributed by atoms with van der Waals surface area (Å²) in [5.41, 5.74) is 2.22. The van der Waals surface area contributed by atoms with Gasteiger partial charge in [0.2, 0.25) is 5.91 Å². The number of benzene rings is 1. The quantitative estimate of drug-likeness (QED) is 0.803. The van der Waals surface area contributed by atoms with Crippen molar-refractivity contribution >= 4 is 11.8 Å². The summed E-state index contributed by atoms with van der Waals surface area (Å²) in [6.45, 7) is 2.25. The van der Waals surface area contributed by atoms with Gasteiger partial charge in [0.25, 0.3) is 5.91 Å². The predicted molar refractivity (Wildman–Crippen MR) is 78.5 cm³/mol. The van der Waals surface area contributed by atoms with Crippen molar-refractivity contribution < 1.29 is 9.59 Å². The Bertz CT molecular complexity index is 611. The molecule has 0 fully saturated rings. The zero-order valence-electron chi connectivity index (χ0n) is 11.7. The molecule has 6 nitrogen and oxygen atoms in total. The van der Waals surface area contributed by atoms with E-state index in [0.29, 0.717) is 18.7 Å². The number of hydrogen-bond acceptors (Lipinski definition) is 4. The number of nitrogens with zero attached hydrogens (tertiary/aromatic N) is 2. The molecule has 0 radical (unpaired) electrons. The van der Waals surface area contributed by atoms with Gasteiger partial charge in [0.05, 0.1) is 11.9 Å². The van der Waals surface area contributed by atoms with E-state index in [1.165, 1.54) is 6.92 Å². The van der Waals surface area contributed by atoms with Crippen molar-refractivity contribution in [1.82, 2.24) is 20.6 Å². The molecule has 0 saturated carbocycles. The molecule has 2 N–H and O–H groups in total. The molecule has 0 saturated heterocycles. The van der Waals surface area contributed by atoms with E-state index in [-0.39, 0.29) is 11.8 Å². The van der Waals surface area contributed by atoms with E-state index in [2.05, 4.69) is 20.6 Å². The number of aromatic nitrogens is 2. The van der Waals surface area contributed by atoms with E-state index in [0.717, 1.165) is 11.3 Å². The first-order valence-corrected chi connectivity index (χ1v) is 6.56. The summed E-state index contributed by atoms with van der Waals surface area (Å²) in [7, 11) is 0. The van der Waals surface area contributed by atoms with Crippen molar-refractivity contribution in [3.8, 4) is 11.3 Å². The lowest BCUT2D eigenvalue weighted by molar-refractivity contribution is -0.118. The number of carbonyl (C=O) groups excluding carboxylic acids is 2. The Morgan fingerprint density at radius 1 is 1.05 bits per heavy atom. The number of carbonyl (C=O) groups is 2. The van der Waals surface area contributed by atoms with E-state index < -0.39 is 0 Å². The molecule has 0 atom stereocenters. The molecule has 0 spiro atoms. The SMILES string of the molecule is CC(=O)NCCNC(=O)c1ccc(-c2cnccn2)cc1. The van der Waals surface area contributed by atoms with Gasteiger partial charge >= 0.3 is 0 Å². The van der Waals surface area contributed by atoms with E-state index in [1.54, 1.807) is 30.7 Å². The van der Waals surface area contributed by atoms with Crippen molar-refractivity contribution in [2.45, 2.75) is 6.92 Å². The minimum Gasteiger partial charge on any atom is -0.355 e. The van der Waals surface area contributed by atoms with Crippen LogP contribution in [0.4, 0.5) is 0 Å². The number of amides is 2. The van der Waals surface area contributed by atoms with Crippen molar-refractivity contribution in [2.24, 2.45) is 0 Å². The molecule has 2 aromatic rings. The highest BCUT2D eigenvalue weighted by molar-refractivity contribution is 5.94. The van der Waals surface area contributed by atoms with E-state index in [4.69, 9.17) is 0 Å². The summed E-state index contributed by atoms with van der Waals surface area (Å²) in [6.07, 6.45) is 4.90. The molecular weight excluding hydrogens is 268 g/mol. The van der Waals surface area contributed by atoms with Crippen LogP contribution < -0.4 is 10.6 Å². The Labute approximate surface area is 122 Å². The number of hydrogen-bond donors (Lipinski definition) is 2. The zero-order valence-corrected chi connectivity index (χ0v) is 11.7. The average Bonchev–Trinajstić information content (AvgIpc) is 2.52. The van der Waals surface area contributed by atoms with Crippen LogP contribution in [0.3, 0.4) is 0 Å². The molecule has 0 aliphatic rings. The fourth-order valence-electron chi connectivity index (χ4n) is 1.76. The monoisotopic (exact) mass is 284 g/mol. The number of rotatable bonds is 5. The first kappa shape index (κ1) is 14.6. The van der Waals surface area contributed by atoms with E-state index >= 15 is 0 Å². The van der Waals surface area contributed by atoms with Gasteiger partial charge in [-0.15, -0.1) is 0 Å². The minimum atomic E-state index is -0.175. The largest absolute Gasteiger partial charge is 0.355 e. The molecule has 21 heavy (non-hydrogen) atoms. The second-order valence-electron chi connectivity index (χ2n) is 4.41. The van der Waals surface area contributed by atoms with E-state index in [1.807, 2.05) is 12.1 Å². The van der Waals surface area contributed by atoms with Gasteiger partial charge in [-0.1, -0.05) is 12.1 Å². The maximum Gasteiger partial charge on any atom is 0.251 e. The molecule has 108 valence electrons. The third-order valence-corrected chi connectivity index (χ3v) is 2.79. The van der Waals surface area contributed by atoms with Crippen molar-refractivity contribution in [1.29, 1.82) is 0 Å². The summed E-state index contributed by atoms with van der Waals surface area (Å²) < 4.78 is 0. The van der Waals surface area contributed by atoms with Gasteiger partial charge in [-0.2, -0.15) is 0 Å². The lowest BCUT2D eigenvalue weighted by Gasteiger charge is -2.06. The van der Waals surface area contributed by atoms with Crippen LogP contribution >= 0.6 is 0 Å².